The van der Waals surface area contributed by atoms with Gasteiger partial charge in [-0.2, -0.15) is 0 Å². The summed E-state index contributed by atoms with van der Waals surface area (Å²) in [4.78, 5) is 12.4. The summed E-state index contributed by atoms with van der Waals surface area (Å²) in [7, 11) is 0. The zero-order chi connectivity index (χ0) is 17.8. The van der Waals surface area contributed by atoms with Crippen molar-refractivity contribution in [1.82, 2.24) is 19.9 Å². The Bertz CT molecular complexity index is 896. The largest absolute Gasteiger partial charge is 0.328 e. The van der Waals surface area contributed by atoms with Gasteiger partial charge in [0.1, 0.15) is 0 Å². The van der Waals surface area contributed by atoms with Crippen LogP contribution in [0, 0.1) is 0 Å². The van der Waals surface area contributed by atoms with Crippen molar-refractivity contribution in [2.24, 2.45) is 0 Å². The van der Waals surface area contributed by atoms with E-state index in [-0.39, 0.29) is 12.1 Å². The standard InChI is InChI=1S/C17H17Cl2N5O/c1-2-5-14(16-23-22-15-6-3-4-9-24(15)16)21-17(25)20-11-7-8-12(18)13(19)10-11/h3-4,6-10,14H,2,5H2,1H3,(H2,20,21,25). The van der Waals surface area contributed by atoms with Crippen molar-refractivity contribution in [1.29, 1.82) is 0 Å². The van der Waals surface area contributed by atoms with Gasteiger partial charge < -0.3 is 10.6 Å². The number of carbonyl (C=O) groups is 1. The predicted octanol–water partition coefficient (Wildman–Crippen LogP) is 4.70. The first kappa shape index (κ1) is 17.5. The van der Waals surface area contributed by atoms with Crippen LogP contribution < -0.4 is 10.6 Å². The minimum atomic E-state index is -0.343. The second-order valence-corrected chi connectivity index (χ2v) is 6.37. The van der Waals surface area contributed by atoms with E-state index in [0.717, 1.165) is 18.5 Å². The molecule has 0 aliphatic heterocycles. The molecule has 1 aromatic carbocycles. The van der Waals surface area contributed by atoms with Crippen molar-refractivity contribution in [2.45, 2.75) is 25.8 Å². The Kier molecular flexibility index (Phi) is 5.40. The Morgan fingerprint density at radius 1 is 1.20 bits per heavy atom. The van der Waals surface area contributed by atoms with E-state index in [2.05, 4.69) is 27.8 Å². The van der Waals surface area contributed by atoms with Crippen LogP contribution in [0.5, 0.6) is 0 Å². The first-order valence-corrected chi connectivity index (χ1v) is 8.66. The van der Waals surface area contributed by atoms with Crippen LogP contribution in [-0.4, -0.2) is 20.6 Å². The summed E-state index contributed by atoms with van der Waals surface area (Å²) in [5.41, 5.74) is 1.30. The molecule has 1 unspecified atom stereocenters. The number of rotatable bonds is 5. The van der Waals surface area contributed by atoms with Crippen LogP contribution >= 0.6 is 23.2 Å². The highest BCUT2D eigenvalue weighted by Gasteiger charge is 2.19. The smallest absolute Gasteiger partial charge is 0.319 e. The quantitative estimate of drug-likeness (QED) is 0.676. The number of nitrogens with zero attached hydrogens (tertiary/aromatic N) is 3. The topological polar surface area (TPSA) is 71.3 Å². The number of halogens is 2. The van der Waals surface area contributed by atoms with Gasteiger partial charge in [-0.1, -0.05) is 42.6 Å². The van der Waals surface area contributed by atoms with Gasteiger partial charge in [0, 0.05) is 11.9 Å². The zero-order valence-corrected chi connectivity index (χ0v) is 15.1. The van der Waals surface area contributed by atoms with Gasteiger partial charge in [-0.25, -0.2) is 4.79 Å². The highest BCUT2D eigenvalue weighted by atomic mass is 35.5. The Balaban J connectivity index is 1.77. The van der Waals surface area contributed by atoms with Crippen molar-refractivity contribution >= 4 is 40.6 Å². The summed E-state index contributed by atoms with van der Waals surface area (Å²) >= 11 is 11.9. The summed E-state index contributed by atoms with van der Waals surface area (Å²) in [5.74, 6) is 0.696. The highest BCUT2D eigenvalue weighted by Crippen LogP contribution is 2.25. The molecule has 2 N–H and O–H groups in total. The molecule has 0 spiro atoms. The van der Waals surface area contributed by atoms with Crippen LogP contribution in [-0.2, 0) is 0 Å². The summed E-state index contributed by atoms with van der Waals surface area (Å²) in [6, 6.07) is 9.99. The lowest BCUT2D eigenvalue weighted by atomic mass is 10.1. The third kappa shape index (κ3) is 4.03. The average molecular weight is 378 g/mol. The number of urea groups is 1. The Labute approximate surface area is 155 Å². The summed E-state index contributed by atoms with van der Waals surface area (Å²) in [5, 5.41) is 14.9. The molecule has 1 atom stereocenters. The number of aromatic nitrogens is 3. The van der Waals surface area contributed by atoms with E-state index in [4.69, 9.17) is 23.2 Å². The fourth-order valence-corrected chi connectivity index (χ4v) is 2.85. The van der Waals surface area contributed by atoms with Crippen LogP contribution in [0.2, 0.25) is 10.0 Å². The third-order valence-corrected chi connectivity index (χ3v) is 4.45. The first-order chi connectivity index (χ1) is 12.1. The van der Waals surface area contributed by atoms with Gasteiger partial charge in [0.05, 0.1) is 16.1 Å². The van der Waals surface area contributed by atoms with Crippen LogP contribution in [0.25, 0.3) is 5.65 Å². The molecule has 2 heterocycles. The summed E-state index contributed by atoms with van der Waals surface area (Å²) in [6.45, 7) is 2.05. The molecule has 25 heavy (non-hydrogen) atoms. The van der Waals surface area contributed by atoms with E-state index in [1.807, 2.05) is 28.8 Å². The second kappa shape index (κ2) is 7.72. The van der Waals surface area contributed by atoms with Crippen molar-refractivity contribution in [3.63, 3.8) is 0 Å². The molecule has 2 amide bonds. The van der Waals surface area contributed by atoms with E-state index in [1.54, 1.807) is 18.2 Å². The molecule has 0 bridgehead atoms. The van der Waals surface area contributed by atoms with Crippen LogP contribution in [0.3, 0.4) is 0 Å². The molecule has 2 aromatic heterocycles. The Morgan fingerprint density at radius 3 is 2.80 bits per heavy atom. The van der Waals surface area contributed by atoms with E-state index >= 15 is 0 Å². The molecule has 0 aliphatic rings. The molecule has 6 nitrogen and oxygen atoms in total. The number of pyridine rings is 1. The number of amides is 2. The zero-order valence-electron chi connectivity index (χ0n) is 13.5. The highest BCUT2D eigenvalue weighted by molar-refractivity contribution is 6.42. The van der Waals surface area contributed by atoms with E-state index in [9.17, 15) is 4.79 Å². The fourth-order valence-electron chi connectivity index (χ4n) is 2.55. The lowest BCUT2D eigenvalue weighted by Gasteiger charge is -2.17. The molecule has 0 aliphatic carbocycles. The number of anilines is 1. The minimum Gasteiger partial charge on any atom is -0.328 e. The van der Waals surface area contributed by atoms with E-state index < -0.39 is 0 Å². The van der Waals surface area contributed by atoms with Crippen LogP contribution in [0.1, 0.15) is 31.6 Å². The lowest BCUT2D eigenvalue weighted by Crippen LogP contribution is -2.33. The fraction of sp³-hybridized carbons (Fsp3) is 0.235. The van der Waals surface area contributed by atoms with Crippen LogP contribution in [0.15, 0.2) is 42.6 Å². The molecule has 130 valence electrons. The van der Waals surface area contributed by atoms with Gasteiger partial charge in [-0.05, 0) is 36.8 Å². The van der Waals surface area contributed by atoms with E-state index in [0.29, 0.717) is 21.6 Å². The molecule has 3 aromatic rings. The molecular formula is C17H17Cl2N5O. The van der Waals surface area contributed by atoms with Crippen molar-refractivity contribution < 1.29 is 4.79 Å². The Morgan fingerprint density at radius 2 is 2.04 bits per heavy atom. The van der Waals surface area contributed by atoms with Crippen molar-refractivity contribution in [3.8, 4) is 0 Å². The number of hydrogen-bond acceptors (Lipinski definition) is 3. The Hall–Kier alpha value is -2.31. The molecular weight excluding hydrogens is 361 g/mol. The first-order valence-electron chi connectivity index (χ1n) is 7.90. The number of carbonyl (C=O) groups excluding carboxylic acids is 1. The third-order valence-electron chi connectivity index (χ3n) is 3.71. The normalized spacial score (nSPS) is 12.1. The van der Waals surface area contributed by atoms with Gasteiger partial charge >= 0.3 is 6.03 Å². The maximum Gasteiger partial charge on any atom is 0.319 e. The van der Waals surface area contributed by atoms with Crippen LogP contribution in [0.4, 0.5) is 10.5 Å². The second-order valence-electron chi connectivity index (χ2n) is 5.56. The van der Waals surface area contributed by atoms with Crippen molar-refractivity contribution in [3.05, 3.63) is 58.5 Å². The predicted molar refractivity (Wildman–Crippen MR) is 99.3 cm³/mol. The number of benzene rings is 1. The summed E-state index contributed by atoms with van der Waals surface area (Å²) in [6.07, 6.45) is 3.51. The molecule has 8 heteroatoms. The maximum atomic E-state index is 12.4. The average Bonchev–Trinajstić information content (AvgIpc) is 3.02. The monoisotopic (exact) mass is 377 g/mol. The number of fused-ring (bicyclic) bond motifs is 1. The van der Waals surface area contributed by atoms with Gasteiger partial charge in [-0.3, -0.25) is 4.40 Å². The molecule has 3 rings (SSSR count). The SMILES string of the molecule is CCCC(NC(=O)Nc1ccc(Cl)c(Cl)c1)c1nnc2ccccn12. The minimum absolute atomic E-state index is 0.259. The molecule has 0 saturated carbocycles. The van der Waals surface area contributed by atoms with Crippen molar-refractivity contribution in [2.75, 3.05) is 5.32 Å². The number of hydrogen-bond donors (Lipinski definition) is 2. The molecule has 0 saturated heterocycles. The van der Waals surface area contributed by atoms with Gasteiger partial charge in [0.25, 0.3) is 0 Å². The molecule has 0 fully saturated rings. The number of nitrogens with one attached hydrogen (secondary N) is 2. The summed E-state index contributed by atoms with van der Waals surface area (Å²) < 4.78 is 1.87. The lowest BCUT2D eigenvalue weighted by molar-refractivity contribution is 0.247. The van der Waals surface area contributed by atoms with Gasteiger partial charge in [0.2, 0.25) is 0 Å². The maximum absolute atomic E-state index is 12.4. The molecule has 0 radical (unpaired) electrons. The van der Waals surface area contributed by atoms with Gasteiger partial charge in [-0.15, -0.1) is 10.2 Å². The van der Waals surface area contributed by atoms with Gasteiger partial charge in [0.15, 0.2) is 11.5 Å². The van der Waals surface area contributed by atoms with E-state index in [1.165, 1.54) is 0 Å².